The minimum atomic E-state index is -0.343. The first-order valence-corrected chi connectivity index (χ1v) is 6.18. The monoisotopic (exact) mass is 250 g/mol. The number of carbonyl (C=O) groups excluding carboxylic acids is 1. The van der Waals surface area contributed by atoms with Crippen LogP contribution in [0.5, 0.6) is 0 Å². The van der Waals surface area contributed by atoms with Gasteiger partial charge < -0.3 is 10.6 Å². The second-order valence-electron chi connectivity index (χ2n) is 5.51. The standard InChI is InChI=1S/C14H19FN2O/c1-9(2)14(16)7-17(8-14)13(18)11-5-4-10(3)12(15)6-11/h4-6,9H,7-8,16H2,1-3H3. The van der Waals surface area contributed by atoms with E-state index >= 15 is 0 Å². The third-order valence-corrected chi connectivity index (χ3v) is 3.83. The molecule has 1 aromatic rings. The summed E-state index contributed by atoms with van der Waals surface area (Å²) < 4.78 is 13.4. The van der Waals surface area contributed by atoms with Crippen molar-refractivity contribution in [2.75, 3.05) is 13.1 Å². The maximum absolute atomic E-state index is 13.4. The Morgan fingerprint density at radius 2 is 2.06 bits per heavy atom. The van der Waals surface area contributed by atoms with Gasteiger partial charge in [0.1, 0.15) is 5.82 Å². The van der Waals surface area contributed by atoms with Crippen molar-refractivity contribution in [3.8, 4) is 0 Å². The SMILES string of the molecule is Cc1ccc(C(=O)N2CC(N)(C(C)C)C2)cc1F. The summed E-state index contributed by atoms with van der Waals surface area (Å²) in [5, 5.41) is 0. The van der Waals surface area contributed by atoms with Gasteiger partial charge in [-0.1, -0.05) is 19.9 Å². The molecule has 1 saturated heterocycles. The summed E-state index contributed by atoms with van der Waals surface area (Å²) in [5.41, 5.74) is 6.78. The Hall–Kier alpha value is -1.42. The summed E-state index contributed by atoms with van der Waals surface area (Å²) in [6.45, 7) is 6.86. The summed E-state index contributed by atoms with van der Waals surface area (Å²) in [4.78, 5) is 13.8. The molecule has 1 amide bonds. The van der Waals surface area contributed by atoms with E-state index in [4.69, 9.17) is 5.73 Å². The van der Waals surface area contributed by atoms with Crippen LogP contribution in [0.3, 0.4) is 0 Å². The molecular weight excluding hydrogens is 231 g/mol. The summed E-state index contributed by atoms with van der Waals surface area (Å²) in [6.07, 6.45) is 0. The zero-order valence-corrected chi connectivity index (χ0v) is 11.0. The Morgan fingerprint density at radius 3 is 2.56 bits per heavy atom. The minimum absolute atomic E-state index is 0.143. The van der Waals surface area contributed by atoms with Crippen LogP contribution in [0.15, 0.2) is 18.2 Å². The summed E-state index contributed by atoms with van der Waals surface area (Å²) in [7, 11) is 0. The Morgan fingerprint density at radius 1 is 1.44 bits per heavy atom. The van der Waals surface area contributed by atoms with Crippen molar-refractivity contribution in [2.24, 2.45) is 11.7 Å². The van der Waals surface area contributed by atoms with Crippen LogP contribution in [0.25, 0.3) is 0 Å². The lowest BCUT2D eigenvalue weighted by atomic mass is 9.80. The normalized spacial score (nSPS) is 17.8. The number of halogens is 1. The van der Waals surface area contributed by atoms with Crippen molar-refractivity contribution in [1.82, 2.24) is 4.90 Å². The number of hydrogen-bond donors (Lipinski definition) is 1. The maximum Gasteiger partial charge on any atom is 0.254 e. The summed E-state index contributed by atoms with van der Waals surface area (Å²) >= 11 is 0. The summed E-state index contributed by atoms with van der Waals surface area (Å²) in [5.74, 6) is -0.156. The topological polar surface area (TPSA) is 46.3 Å². The Balaban J connectivity index is 2.08. The number of carbonyl (C=O) groups is 1. The molecule has 0 atom stereocenters. The number of hydrogen-bond acceptors (Lipinski definition) is 2. The van der Waals surface area contributed by atoms with Crippen molar-refractivity contribution in [2.45, 2.75) is 26.3 Å². The zero-order chi connectivity index (χ0) is 13.5. The van der Waals surface area contributed by atoms with E-state index in [0.29, 0.717) is 30.1 Å². The molecule has 1 heterocycles. The first kappa shape index (κ1) is 13.0. The first-order valence-electron chi connectivity index (χ1n) is 6.18. The highest BCUT2D eigenvalue weighted by Crippen LogP contribution is 2.27. The fourth-order valence-electron chi connectivity index (χ4n) is 2.08. The van der Waals surface area contributed by atoms with Gasteiger partial charge in [0.05, 0.1) is 5.54 Å². The molecule has 0 spiro atoms. The van der Waals surface area contributed by atoms with Crippen LogP contribution in [-0.2, 0) is 0 Å². The zero-order valence-electron chi connectivity index (χ0n) is 11.0. The van der Waals surface area contributed by atoms with E-state index < -0.39 is 0 Å². The van der Waals surface area contributed by atoms with E-state index in [1.54, 1.807) is 24.0 Å². The average molecular weight is 250 g/mol. The van der Waals surface area contributed by atoms with Crippen LogP contribution in [-0.4, -0.2) is 29.4 Å². The number of rotatable bonds is 2. The third-order valence-electron chi connectivity index (χ3n) is 3.83. The van der Waals surface area contributed by atoms with Gasteiger partial charge in [-0.15, -0.1) is 0 Å². The molecule has 0 aromatic heterocycles. The Bertz CT molecular complexity index is 479. The number of amides is 1. The molecular formula is C14H19FN2O. The van der Waals surface area contributed by atoms with Gasteiger partial charge >= 0.3 is 0 Å². The lowest BCUT2D eigenvalue weighted by Crippen LogP contribution is -2.71. The molecule has 2 rings (SSSR count). The van der Waals surface area contributed by atoms with Gasteiger partial charge in [0, 0.05) is 18.7 Å². The van der Waals surface area contributed by atoms with Crippen LogP contribution in [0.4, 0.5) is 4.39 Å². The van der Waals surface area contributed by atoms with Gasteiger partial charge in [-0.3, -0.25) is 4.79 Å². The number of nitrogens with two attached hydrogens (primary N) is 1. The van der Waals surface area contributed by atoms with Crippen molar-refractivity contribution >= 4 is 5.91 Å². The Kier molecular flexibility index (Phi) is 3.15. The molecule has 0 aliphatic carbocycles. The van der Waals surface area contributed by atoms with Gasteiger partial charge in [0.15, 0.2) is 0 Å². The first-order chi connectivity index (χ1) is 8.33. The maximum atomic E-state index is 13.4. The summed E-state index contributed by atoms with van der Waals surface area (Å²) in [6, 6.07) is 4.58. The quantitative estimate of drug-likeness (QED) is 0.872. The molecule has 0 saturated carbocycles. The van der Waals surface area contributed by atoms with Crippen molar-refractivity contribution < 1.29 is 9.18 Å². The number of nitrogens with zero attached hydrogens (tertiary/aromatic N) is 1. The molecule has 1 aliphatic heterocycles. The van der Waals surface area contributed by atoms with Gasteiger partial charge in [0.2, 0.25) is 0 Å². The molecule has 1 aromatic carbocycles. The molecule has 0 bridgehead atoms. The van der Waals surface area contributed by atoms with E-state index in [0.717, 1.165) is 0 Å². The van der Waals surface area contributed by atoms with Crippen LogP contribution >= 0.6 is 0 Å². The molecule has 0 unspecified atom stereocenters. The van der Waals surface area contributed by atoms with E-state index in [9.17, 15) is 9.18 Å². The highest BCUT2D eigenvalue weighted by molar-refractivity contribution is 5.95. The molecule has 18 heavy (non-hydrogen) atoms. The van der Waals surface area contributed by atoms with Crippen molar-refractivity contribution in [3.63, 3.8) is 0 Å². The fourth-order valence-corrected chi connectivity index (χ4v) is 2.08. The van der Waals surface area contributed by atoms with E-state index in [1.165, 1.54) is 6.07 Å². The van der Waals surface area contributed by atoms with Crippen molar-refractivity contribution in [3.05, 3.63) is 35.1 Å². The van der Waals surface area contributed by atoms with Gasteiger partial charge in [0.25, 0.3) is 5.91 Å². The largest absolute Gasteiger partial charge is 0.335 e. The molecule has 4 heteroatoms. The molecule has 1 aliphatic rings. The highest BCUT2D eigenvalue weighted by Gasteiger charge is 2.44. The van der Waals surface area contributed by atoms with Gasteiger partial charge in [-0.05, 0) is 30.5 Å². The third kappa shape index (κ3) is 2.12. The smallest absolute Gasteiger partial charge is 0.254 e. The average Bonchev–Trinajstić information content (AvgIpc) is 2.27. The molecule has 2 N–H and O–H groups in total. The van der Waals surface area contributed by atoms with Crippen molar-refractivity contribution in [1.29, 1.82) is 0 Å². The molecule has 98 valence electrons. The molecule has 1 fully saturated rings. The van der Waals surface area contributed by atoms with E-state index in [2.05, 4.69) is 0 Å². The number of benzene rings is 1. The second-order valence-corrected chi connectivity index (χ2v) is 5.51. The Labute approximate surface area is 107 Å². The number of likely N-dealkylation sites (tertiary alicyclic amines) is 1. The van der Waals surface area contributed by atoms with Gasteiger partial charge in [-0.2, -0.15) is 0 Å². The number of aryl methyl sites for hydroxylation is 1. The van der Waals surface area contributed by atoms with Crippen LogP contribution in [0.1, 0.15) is 29.8 Å². The van der Waals surface area contributed by atoms with E-state index in [-0.39, 0.29) is 17.3 Å². The predicted octanol–water partition coefficient (Wildman–Crippen LogP) is 1.94. The minimum Gasteiger partial charge on any atom is -0.335 e. The van der Waals surface area contributed by atoms with Crippen LogP contribution in [0, 0.1) is 18.7 Å². The van der Waals surface area contributed by atoms with Crippen LogP contribution < -0.4 is 5.73 Å². The lowest BCUT2D eigenvalue weighted by Gasteiger charge is -2.50. The molecule has 3 nitrogen and oxygen atoms in total. The lowest BCUT2D eigenvalue weighted by molar-refractivity contribution is 0.0274. The van der Waals surface area contributed by atoms with E-state index in [1.807, 2.05) is 13.8 Å². The van der Waals surface area contributed by atoms with Gasteiger partial charge in [-0.25, -0.2) is 4.39 Å². The van der Waals surface area contributed by atoms with Crippen LogP contribution in [0.2, 0.25) is 0 Å². The fraction of sp³-hybridized carbons (Fsp3) is 0.500. The predicted molar refractivity (Wildman–Crippen MR) is 68.8 cm³/mol. The highest BCUT2D eigenvalue weighted by atomic mass is 19.1. The molecule has 0 radical (unpaired) electrons. The second kappa shape index (κ2) is 4.35.